The van der Waals surface area contributed by atoms with Crippen molar-refractivity contribution >= 4 is 5.78 Å². The second kappa shape index (κ2) is 5.97. The Bertz CT molecular complexity index is 392. The number of hydrogen-bond donors (Lipinski definition) is 1. The van der Waals surface area contributed by atoms with Gasteiger partial charge in [0.05, 0.1) is 0 Å². The molecule has 0 aliphatic heterocycles. The minimum absolute atomic E-state index is 0.0578. The van der Waals surface area contributed by atoms with Crippen LogP contribution < -0.4 is 0 Å². The molecule has 0 saturated heterocycles. The van der Waals surface area contributed by atoms with Crippen LogP contribution in [0, 0.1) is 19.8 Å². The molecule has 2 nitrogen and oxygen atoms in total. The van der Waals surface area contributed by atoms with Gasteiger partial charge in [-0.05, 0) is 30.9 Å². The number of ketones is 1. The summed E-state index contributed by atoms with van der Waals surface area (Å²) in [7, 11) is 0. The third-order valence-corrected chi connectivity index (χ3v) is 3.63. The highest BCUT2D eigenvalue weighted by Crippen LogP contribution is 2.20. The summed E-state index contributed by atoms with van der Waals surface area (Å²) in [6.45, 7) is 7.93. The van der Waals surface area contributed by atoms with Gasteiger partial charge in [-0.15, -0.1) is 0 Å². The number of benzene rings is 1. The van der Waals surface area contributed by atoms with E-state index in [9.17, 15) is 9.90 Å². The molecule has 0 aliphatic carbocycles. The van der Waals surface area contributed by atoms with E-state index in [0.717, 1.165) is 24.0 Å². The maximum Gasteiger partial charge on any atom is 0.191 e. The summed E-state index contributed by atoms with van der Waals surface area (Å²) in [5.41, 5.74) is 2.72. The first-order valence-corrected chi connectivity index (χ1v) is 6.31. The average Bonchev–Trinajstić information content (AvgIpc) is 2.33. The minimum Gasteiger partial charge on any atom is -0.385 e. The van der Waals surface area contributed by atoms with Gasteiger partial charge in [0, 0.05) is 5.56 Å². The van der Waals surface area contributed by atoms with E-state index >= 15 is 0 Å². The molecular formula is C15H22O2. The van der Waals surface area contributed by atoms with E-state index < -0.39 is 6.10 Å². The summed E-state index contributed by atoms with van der Waals surface area (Å²) in [6, 6.07) is 5.65. The molecule has 1 aromatic rings. The molecule has 1 aromatic carbocycles. The zero-order valence-corrected chi connectivity index (χ0v) is 11.2. The average molecular weight is 234 g/mol. The van der Waals surface area contributed by atoms with Crippen LogP contribution in [0.25, 0.3) is 0 Å². The normalized spacial score (nSPS) is 12.8. The minimum atomic E-state index is -0.870. The van der Waals surface area contributed by atoms with Crippen molar-refractivity contribution in [3.63, 3.8) is 0 Å². The second-order valence-electron chi connectivity index (χ2n) is 4.63. The number of carbonyl (C=O) groups excluding carboxylic acids is 1. The molecule has 0 bridgehead atoms. The summed E-state index contributed by atoms with van der Waals surface area (Å²) < 4.78 is 0. The maximum atomic E-state index is 12.2. The van der Waals surface area contributed by atoms with Gasteiger partial charge in [0.2, 0.25) is 0 Å². The van der Waals surface area contributed by atoms with E-state index in [2.05, 4.69) is 0 Å². The Balaban J connectivity index is 3.00. The zero-order chi connectivity index (χ0) is 13.0. The Morgan fingerprint density at radius 3 is 2.35 bits per heavy atom. The molecule has 0 aliphatic rings. The largest absolute Gasteiger partial charge is 0.385 e. The molecule has 0 aromatic heterocycles. The first kappa shape index (κ1) is 13.9. The molecule has 1 atom stereocenters. The highest BCUT2D eigenvalue weighted by atomic mass is 16.3. The Hall–Kier alpha value is -1.15. The number of rotatable bonds is 5. The van der Waals surface area contributed by atoms with E-state index in [-0.39, 0.29) is 11.7 Å². The van der Waals surface area contributed by atoms with E-state index in [1.165, 1.54) is 0 Å². The number of aliphatic hydroxyl groups is 1. The van der Waals surface area contributed by atoms with Crippen LogP contribution in [0.1, 0.15) is 48.2 Å². The third-order valence-electron chi connectivity index (χ3n) is 3.63. The molecule has 17 heavy (non-hydrogen) atoms. The molecule has 94 valence electrons. The summed E-state index contributed by atoms with van der Waals surface area (Å²) in [6.07, 6.45) is 0.785. The molecule has 1 N–H and O–H groups in total. The van der Waals surface area contributed by atoms with E-state index in [1.54, 1.807) is 6.07 Å². The highest BCUT2D eigenvalue weighted by molar-refractivity contribution is 6.00. The van der Waals surface area contributed by atoms with Gasteiger partial charge in [0.25, 0.3) is 0 Å². The quantitative estimate of drug-likeness (QED) is 0.794. The van der Waals surface area contributed by atoms with Crippen LogP contribution in [0.3, 0.4) is 0 Å². The Morgan fingerprint density at radius 1 is 1.24 bits per heavy atom. The first-order chi connectivity index (χ1) is 8.02. The van der Waals surface area contributed by atoms with Crippen LogP contribution >= 0.6 is 0 Å². The highest BCUT2D eigenvalue weighted by Gasteiger charge is 2.25. The predicted molar refractivity (Wildman–Crippen MR) is 70.3 cm³/mol. The van der Waals surface area contributed by atoms with Crippen molar-refractivity contribution < 1.29 is 9.90 Å². The molecule has 0 saturated carbocycles. The monoisotopic (exact) mass is 234 g/mol. The molecule has 1 unspecified atom stereocenters. The predicted octanol–water partition coefficient (Wildman–Crippen LogP) is 3.28. The fourth-order valence-electron chi connectivity index (χ4n) is 2.13. The molecular weight excluding hydrogens is 212 g/mol. The smallest absolute Gasteiger partial charge is 0.191 e. The van der Waals surface area contributed by atoms with Gasteiger partial charge in [-0.2, -0.15) is 0 Å². The Kier molecular flexibility index (Phi) is 4.88. The summed E-state index contributed by atoms with van der Waals surface area (Å²) in [5.74, 6) is -0.0812. The lowest BCUT2D eigenvalue weighted by Gasteiger charge is -2.20. The fraction of sp³-hybridized carbons (Fsp3) is 0.533. The van der Waals surface area contributed by atoms with Gasteiger partial charge in [-0.3, -0.25) is 4.79 Å². The van der Waals surface area contributed by atoms with Gasteiger partial charge >= 0.3 is 0 Å². The van der Waals surface area contributed by atoms with Crippen LogP contribution in [0.2, 0.25) is 0 Å². The number of carbonyl (C=O) groups is 1. The SMILES string of the molecule is CCC(CC)C(O)C(=O)c1cccc(C)c1C. The lowest BCUT2D eigenvalue weighted by atomic mass is 9.88. The van der Waals surface area contributed by atoms with Crippen LogP contribution in [0.15, 0.2) is 18.2 Å². The lowest BCUT2D eigenvalue weighted by molar-refractivity contribution is 0.0587. The van der Waals surface area contributed by atoms with Gasteiger partial charge < -0.3 is 5.11 Å². The van der Waals surface area contributed by atoms with Crippen molar-refractivity contribution in [2.75, 3.05) is 0 Å². The van der Waals surface area contributed by atoms with Gasteiger partial charge in [0.15, 0.2) is 5.78 Å². The van der Waals surface area contributed by atoms with Crippen molar-refractivity contribution in [3.8, 4) is 0 Å². The van der Waals surface area contributed by atoms with Crippen molar-refractivity contribution in [2.45, 2.75) is 46.6 Å². The molecule has 0 spiro atoms. The summed E-state index contributed by atoms with van der Waals surface area (Å²) in [5, 5.41) is 10.1. The number of Topliss-reactive ketones (excluding diaryl/α,β-unsaturated/α-hetero) is 1. The van der Waals surface area contributed by atoms with Crippen molar-refractivity contribution in [1.29, 1.82) is 0 Å². The number of aryl methyl sites for hydroxylation is 1. The van der Waals surface area contributed by atoms with Crippen LogP contribution in [0.5, 0.6) is 0 Å². The lowest BCUT2D eigenvalue weighted by Crippen LogP contribution is -2.29. The molecule has 0 fully saturated rings. The first-order valence-electron chi connectivity index (χ1n) is 6.31. The molecule has 0 radical (unpaired) electrons. The summed E-state index contributed by atoms with van der Waals surface area (Å²) in [4.78, 5) is 12.2. The van der Waals surface area contributed by atoms with Crippen LogP contribution in [-0.4, -0.2) is 17.0 Å². The van der Waals surface area contributed by atoms with E-state index in [0.29, 0.717) is 5.56 Å². The molecule has 0 heterocycles. The van der Waals surface area contributed by atoms with E-state index in [1.807, 2.05) is 39.8 Å². The zero-order valence-electron chi connectivity index (χ0n) is 11.2. The second-order valence-corrected chi connectivity index (χ2v) is 4.63. The molecule has 0 amide bonds. The van der Waals surface area contributed by atoms with Crippen LogP contribution in [-0.2, 0) is 0 Å². The van der Waals surface area contributed by atoms with Crippen LogP contribution in [0.4, 0.5) is 0 Å². The standard InChI is InChI=1S/C15H22O2/c1-5-12(6-2)14(16)15(17)13-9-7-8-10(3)11(13)4/h7-9,12,14,16H,5-6H2,1-4H3. The van der Waals surface area contributed by atoms with E-state index in [4.69, 9.17) is 0 Å². The molecule has 2 heteroatoms. The maximum absolute atomic E-state index is 12.2. The van der Waals surface area contributed by atoms with Gasteiger partial charge in [-0.1, -0.05) is 44.9 Å². The molecule has 1 rings (SSSR count). The van der Waals surface area contributed by atoms with Crippen molar-refractivity contribution in [2.24, 2.45) is 5.92 Å². The Morgan fingerprint density at radius 2 is 1.82 bits per heavy atom. The Labute approximate surface area is 104 Å². The number of aliphatic hydroxyl groups excluding tert-OH is 1. The number of hydrogen-bond acceptors (Lipinski definition) is 2. The fourth-order valence-corrected chi connectivity index (χ4v) is 2.13. The summed E-state index contributed by atoms with van der Waals surface area (Å²) >= 11 is 0. The van der Waals surface area contributed by atoms with Gasteiger partial charge in [0.1, 0.15) is 6.10 Å². The van der Waals surface area contributed by atoms with Crippen molar-refractivity contribution in [3.05, 3.63) is 34.9 Å². The van der Waals surface area contributed by atoms with Crippen molar-refractivity contribution in [1.82, 2.24) is 0 Å². The topological polar surface area (TPSA) is 37.3 Å². The van der Waals surface area contributed by atoms with Gasteiger partial charge in [-0.25, -0.2) is 0 Å². The third kappa shape index (κ3) is 2.95.